The van der Waals surface area contributed by atoms with Crippen LogP contribution in [0.1, 0.15) is 11.1 Å². The number of hydrogen-bond donors (Lipinski definition) is 1. The smallest absolute Gasteiger partial charge is 0.127 e. The molecule has 0 aliphatic heterocycles. The van der Waals surface area contributed by atoms with Crippen LogP contribution in [0.25, 0.3) is 0 Å². The van der Waals surface area contributed by atoms with Gasteiger partial charge in [0.05, 0.1) is 0 Å². The lowest BCUT2D eigenvalue weighted by molar-refractivity contribution is 0.568. The first-order valence-electron chi connectivity index (χ1n) is 5.54. The van der Waals surface area contributed by atoms with Crippen LogP contribution in [0, 0.1) is 11.6 Å². The second kappa shape index (κ2) is 5.94. The number of halogens is 3. The highest BCUT2D eigenvalue weighted by atomic mass is 35.5. The molecule has 18 heavy (non-hydrogen) atoms. The predicted octanol–water partition coefficient (Wildman–Crippen LogP) is 3.91. The molecule has 0 aromatic heterocycles. The van der Waals surface area contributed by atoms with Crippen LogP contribution in [0.15, 0.2) is 42.5 Å². The lowest BCUT2D eigenvalue weighted by Gasteiger charge is -2.06. The largest absolute Gasteiger partial charge is 0.309 e. The summed E-state index contributed by atoms with van der Waals surface area (Å²) < 4.78 is 26.3. The van der Waals surface area contributed by atoms with Gasteiger partial charge in [-0.3, -0.25) is 0 Å². The van der Waals surface area contributed by atoms with E-state index in [1.807, 2.05) is 18.2 Å². The molecule has 1 nitrogen and oxygen atoms in total. The molecule has 0 radical (unpaired) electrons. The molecule has 2 aromatic carbocycles. The van der Waals surface area contributed by atoms with Crippen molar-refractivity contribution in [1.82, 2.24) is 5.32 Å². The first-order valence-corrected chi connectivity index (χ1v) is 5.92. The van der Waals surface area contributed by atoms with Crippen LogP contribution in [-0.4, -0.2) is 0 Å². The van der Waals surface area contributed by atoms with E-state index in [-0.39, 0.29) is 6.54 Å². The molecule has 1 N–H and O–H groups in total. The van der Waals surface area contributed by atoms with Crippen molar-refractivity contribution in [2.75, 3.05) is 0 Å². The van der Waals surface area contributed by atoms with E-state index in [0.29, 0.717) is 17.1 Å². The molecular weight excluding hydrogens is 256 g/mol. The van der Waals surface area contributed by atoms with Gasteiger partial charge in [-0.2, -0.15) is 0 Å². The van der Waals surface area contributed by atoms with E-state index < -0.39 is 11.6 Å². The molecule has 0 unspecified atom stereocenters. The summed E-state index contributed by atoms with van der Waals surface area (Å²) in [6.07, 6.45) is 0. The molecule has 0 saturated heterocycles. The lowest BCUT2D eigenvalue weighted by atomic mass is 10.2. The number of hydrogen-bond acceptors (Lipinski definition) is 1. The topological polar surface area (TPSA) is 12.0 Å². The minimum Gasteiger partial charge on any atom is -0.309 e. The maximum Gasteiger partial charge on any atom is 0.127 e. The SMILES string of the molecule is Fc1ccc(F)c(CNCc2cccc(Cl)c2)c1. The number of nitrogens with one attached hydrogen (secondary N) is 1. The first-order chi connectivity index (χ1) is 8.65. The fourth-order valence-corrected chi connectivity index (χ4v) is 1.88. The average molecular weight is 268 g/mol. The summed E-state index contributed by atoms with van der Waals surface area (Å²) in [5.41, 5.74) is 1.32. The van der Waals surface area contributed by atoms with Gasteiger partial charge in [0.1, 0.15) is 11.6 Å². The molecule has 0 fully saturated rings. The van der Waals surface area contributed by atoms with Gasteiger partial charge in [-0.15, -0.1) is 0 Å². The Bertz CT molecular complexity index is 543. The Labute approximate surface area is 109 Å². The Morgan fingerprint density at radius 3 is 2.61 bits per heavy atom. The van der Waals surface area contributed by atoms with Gasteiger partial charge < -0.3 is 5.32 Å². The van der Waals surface area contributed by atoms with Crippen LogP contribution in [0.2, 0.25) is 5.02 Å². The molecule has 94 valence electrons. The zero-order valence-corrected chi connectivity index (χ0v) is 10.3. The quantitative estimate of drug-likeness (QED) is 0.886. The van der Waals surface area contributed by atoms with Crippen molar-refractivity contribution in [2.24, 2.45) is 0 Å². The Balaban J connectivity index is 1.94. The van der Waals surface area contributed by atoms with Crippen molar-refractivity contribution < 1.29 is 8.78 Å². The van der Waals surface area contributed by atoms with Gasteiger partial charge >= 0.3 is 0 Å². The highest BCUT2D eigenvalue weighted by Gasteiger charge is 2.03. The second-order valence-corrected chi connectivity index (χ2v) is 4.41. The van der Waals surface area contributed by atoms with Gasteiger partial charge in [-0.1, -0.05) is 23.7 Å². The molecule has 2 aromatic rings. The van der Waals surface area contributed by atoms with E-state index in [2.05, 4.69) is 5.32 Å². The van der Waals surface area contributed by atoms with Crippen molar-refractivity contribution in [3.63, 3.8) is 0 Å². The molecule has 0 spiro atoms. The fourth-order valence-electron chi connectivity index (χ4n) is 1.67. The van der Waals surface area contributed by atoms with E-state index in [4.69, 9.17) is 11.6 Å². The zero-order chi connectivity index (χ0) is 13.0. The molecule has 0 saturated carbocycles. The molecule has 0 bridgehead atoms. The normalized spacial score (nSPS) is 10.6. The van der Waals surface area contributed by atoms with Gasteiger partial charge in [-0.05, 0) is 35.9 Å². The molecular formula is C14H12ClF2N. The van der Waals surface area contributed by atoms with Crippen molar-refractivity contribution in [3.05, 3.63) is 70.2 Å². The van der Waals surface area contributed by atoms with E-state index >= 15 is 0 Å². The lowest BCUT2D eigenvalue weighted by Crippen LogP contribution is -2.13. The van der Waals surface area contributed by atoms with E-state index in [1.54, 1.807) is 6.07 Å². The van der Waals surface area contributed by atoms with Crippen LogP contribution in [0.5, 0.6) is 0 Å². The fraction of sp³-hybridized carbons (Fsp3) is 0.143. The molecule has 0 heterocycles. The van der Waals surface area contributed by atoms with Gasteiger partial charge in [0.25, 0.3) is 0 Å². The van der Waals surface area contributed by atoms with E-state index in [9.17, 15) is 8.78 Å². The summed E-state index contributed by atoms with van der Waals surface area (Å²) in [7, 11) is 0. The van der Waals surface area contributed by atoms with Gasteiger partial charge in [0, 0.05) is 23.7 Å². The molecule has 0 atom stereocenters. The Morgan fingerprint density at radius 1 is 1.00 bits per heavy atom. The third-order valence-corrected chi connectivity index (χ3v) is 2.78. The maximum absolute atomic E-state index is 13.3. The maximum atomic E-state index is 13.3. The molecule has 0 aliphatic carbocycles. The summed E-state index contributed by atoms with van der Waals surface area (Å²) in [6, 6.07) is 10.8. The minimum atomic E-state index is -0.434. The summed E-state index contributed by atoms with van der Waals surface area (Å²) in [6.45, 7) is 0.826. The van der Waals surface area contributed by atoms with E-state index in [1.165, 1.54) is 6.07 Å². The Morgan fingerprint density at radius 2 is 1.83 bits per heavy atom. The molecule has 0 aliphatic rings. The van der Waals surface area contributed by atoms with Crippen molar-refractivity contribution in [2.45, 2.75) is 13.1 Å². The van der Waals surface area contributed by atoms with Crippen LogP contribution in [-0.2, 0) is 13.1 Å². The van der Waals surface area contributed by atoms with Crippen LogP contribution >= 0.6 is 11.6 Å². The van der Waals surface area contributed by atoms with Crippen LogP contribution in [0.4, 0.5) is 8.78 Å². The van der Waals surface area contributed by atoms with Crippen molar-refractivity contribution in [3.8, 4) is 0 Å². The average Bonchev–Trinajstić information content (AvgIpc) is 2.34. The van der Waals surface area contributed by atoms with E-state index in [0.717, 1.165) is 17.7 Å². The van der Waals surface area contributed by atoms with Crippen molar-refractivity contribution in [1.29, 1.82) is 0 Å². The standard InChI is InChI=1S/C14H12ClF2N/c15-12-3-1-2-10(6-12)8-18-9-11-7-13(16)4-5-14(11)17/h1-7,18H,8-9H2. The van der Waals surface area contributed by atoms with Gasteiger partial charge in [0.15, 0.2) is 0 Å². The molecule has 0 amide bonds. The summed E-state index contributed by atoms with van der Waals surface area (Å²) in [5, 5.41) is 3.71. The second-order valence-electron chi connectivity index (χ2n) is 3.97. The summed E-state index contributed by atoms with van der Waals surface area (Å²) in [5.74, 6) is -0.842. The minimum absolute atomic E-state index is 0.274. The Kier molecular flexibility index (Phi) is 4.28. The highest BCUT2D eigenvalue weighted by molar-refractivity contribution is 6.30. The van der Waals surface area contributed by atoms with Crippen molar-refractivity contribution >= 4 is 11.6 Å². The highest BCUT2D eigenvalue weighted by Crippen LogP contribution is 2.12. The van der Waals surface area contributed by atoms with Gasteiger partial charge in [0.2, 0.25) is 0 Å². The number of rotatable bonds is 4. The monoisotopic (exact) mass is 267 g/mol. The van der Waals surface area contributed by atoms with Crippen LogP contribution in [0.3, 0.4) is 0 Å². The van der Waals surface area contributed by atoms with Gasteiger partial charge in [-0.25, -0.2) is 8.78 Å². The first kappa shape index (κ1) is 13.0. The zero-order valence-electron chi connectivity index (χ0n) is 9.59. The Hall–Kier alpha value is -1.45. The predicted molar refractivity (Wildman–Crippen MR) is 68.4 cm³/mol. The number of benzene rings is 2. The summed E-state index contributed by atoms with van der Waals surface area (Å²) in [4.78, 5) is 0. The summed E-state index contributed by atoms with van der Waals surface area (Å²) >= 11 is 5.85. The van der Waals surface area contributed by atoms with Crippen LogP contribution < -0.4 is 5.32 Å². The molecule has 4 heteroatoms. The third-order valence-electron chi connectivity index (χ3n) is 2.54. The third kappa shape index (κ3) is 3.52. The molecule has 2 rings (SSSR count).